The fourth-order valence-corrected chi connectivity index (χ4v) is 4.40. The molecule has 0 amide bonds. The molecule has 0 saturated heterocycles. The van der Waals surface area contributed by atoms with Crippen molar-refractivity contribution in [2.75, 3.05) is 20.3 Å². The third kappa shape index (κ3) is 3.96. The van der Waals surface area contributed by atoms with Crippen LogP contribution in [-0.2, 0) is 9.47 Å². The number of hydrogen-bond acceptors (Lipinski definition) is 4. The van der Waals surface area contributed by atoms with Gasteiger partial charge in [-0.1, -0.05) is 15.9 Å². The van der Waals surface area contributed by atoms with E-state index in [0.29, 0.717) is 25.4 Å². The zero-order valence-electron chi connectivity index (χ0n) is 10.8. The maximum absolute atomic E-state index is 9.76. The van der Waals surface area contributed by atoms with Gasteiger partial charge >= 0.3 is 0 Å². The van der Waals surface area contributed by atoms with Crippen LogP contribution in [0.15, 0.2) is 25.6 Å². The van der Waals surface area contributed by atoms with Crippen LogP contribution in [0.3, 0.4) is 0 Å². The highest BCUT2D eigenvalue weighted by molar-refractivity contribution is 9.11. The van der Waals surface area contributed by atoms with E-state index in [1.54, 1.807) is 7.11 Å². The van der Waals surface area contributed by atoms with E-state index < -0.39 is 6.10 Å². The molecule has 7 heteroatoms. The molecular weight excluding hydrogens is 460 g/mol. The van der Waals surface area contributed by atoms with Crippen molar-refractivity contribution in [1.29, 1.82) is 0 Å². The van der Waals surface area contributed by atoms with Gasteiger partial charge < -0.3 is 19.3 Å². The first kappa shape index (κ1) is 16.7. The molecule has 0 spiro atoms. The zero-order chi connectivity index (χ0) is 14.7. The normalized spacial score (nSPS) is 25.4. The summed E-state index contributed by atoms with van der Waals surface area (Å²) < 4.78 is 19.1. The number of halogens is 3. The van der Waals surface area contributed by atoms with Crippen LogP contribution in [-0.4, -0.2) is 43.7 Å². The Balaban J connectivity index is 1.99. The van der Waals surface area contributed by atoms with E-state index in [2.05, 4.69) is 47.8 Å². The molecule has 1 fully saturated rings. The second-order valence-electron chi connectivity index (χ2n) is 4.49. The Kier molecular flexibility index (Phi) is 6.31. The van der Waals surface area contributed by atoms with Gasteiger partial charge in [0.05, 0.1) is 28.3 Å². The molecule has 1 N–H and O–H groups in total. The van der Waals surface area contributed by atoms with Gasteiger partial charge in [-0.05, 0) is 44.0 Å². The lowest BCUT2D eigenvalue weighted by Gasteiger charge is -2.41. The van der Waals surface area contributed by atoms with E-state index in [0.717, 1.165) is 13.4 Å². The minimum atomic E-state index is -0.482. The van der Waals surface area contributed by atoms with Crippen LogP contribution in [0.5, 0.6) is 5.75 Å². The second kappa shape index (κ2) is 7.56. The molecule has 3 unspecified atom stereocenters. The number of methoxy groups -OCH3 is 1. The first-order chi connectivity index (χ1) is 9.52. The molecule has 2 rings (SSSR count). The summed E-state index contributed by atoms with van der Waals surface area (Å²) >= 11 is 10.4. The molecule has 0 aliphatic heterocycles. The molecule has 4 nitrogen and oxygen atoms in total. The lowest BCUT2D eigenvalue weighted by Crippen LogP contribution is -2.55. The van der Waals surface area contributed by atoms with Gasteiger partial charge in [-0.3, -0.25) is 0 Å². The Labute approximate surface area is 143 Å². The fraction of sp³-hybridized carbons (Fsp3) is 0.538. The number of ether oxygens (including phenoxy) is 3. The monoisotopic (exact) mass is 472 g/mol. The molecule has 0 heterocycles. The minimum absolute atomic E-state index is 0.157. The molecule has 0 aromatic heterocycles. The highest BCUT2D eigenvalue weighted by Crippen LogP contribution is 2.39. The predicted molar refractivity (Wildman–Crippen MR) is 86.2 cm³/mol. The summed E-state index contributed by atoms with van der Waals surface area (Å²) in [5.74, 6) is 0.713. The molecule has 1 aromatic rings. The van der Waals surface area contributed by atoms with E-state index in [1.165, 1.54) is 0 Å². The van der Waals surface area contributed by atoms with Crippen LogP contribution in [0.2, 0.25) is 0 Å². The molecule has 0 radical (unpaired) electrons. The van der Waals surface area contributed by atoms with E-state index in [-0.39, 0.29) is 12.2 Å². The van der Waals surface area contributed by atoms with Crippen LogP contribution < -0.4 is 4.74 Å². The van der Waals surface area contributed by atoms with Crippen molar-refractivity contribution in [3.05, 3.63) is 25.6 Å². The summed E-state index contributed by atoms with van der Waals surface area (Å²) in [6.07, 6.45) is -0.389. The first-order valence-electron chi connectivity index (χ1n) is 6.12. The Morgan fingerprint density at radius 1 is 1.20 bits per heavy atom. The molecule has 3 atom stereocenters. The van der Waals surface area contributed by atoms with E-state index in [9.17, 15) is 5.11 Å². The van der Waals surface area contributed by atoms with E-state index in [1.807, 2.05) is 12.1 Å². The summed E-state index contributed by atoms with van der Waals surface area (Å²) in [6, 6.07) is 3.83. The molecule has 1 aliphatic carbocycles. The van der Waals surface area contributed by atoms with Gasteiger partial charge in [0.2, 0.25) is 0 Å². The van der Waals surface area contributed by atoms with Gasteiger partial charge in [-0.15, -0.1) is 0 Å². The predicted octanol–water partition coefficient (Wildman–Crippen LogP) is 3.52. The molecule has 20 heavy (non-hydrogen) atoms. The first-order valence-corrected chi connectivity index (χ1v) is 8.50. The Bertz CT molecular complexity index is 446. The largest absolute Gasteiger partial charge is 0.485 e. The van der Waals surface area contributed by atoms with Crippen LogP contribution >= 0.6 is 47.8 Å². The SMILES string of the molecule is COCCOC1C(O)CC1Oc1c(Br)cc(Br)cc1Br. The third-order valence-electron chi connectivity index (χ3n) is 3.05. The van der Waals surface area contributed by atoms with Crippen LogP contribution in [0.4, 0.5) is 0 Å². The summed E-state index contributed by atoms with van der Waals surface area (Å²) in [7, 11) is 1.62. The number of hydrogen-bond donors (Lipinski definition) is 1. The van der Waals surface area contributed by atoms with Crippen molar-refractivity contribution in [2.45, 2.75) is 24.7 Å². The number of aliphatic hydroxyl groups excluding tert-OH is 1. The summed E-state index contributed by atoms with van der Waals surface area (Å²) in [4.78, 5) is 0. The average molecular weight is 475 g/mol. The lowest BCUT2D eigenvalue weighted by molar-refractivity contribution is -0.167. The van der Waals surface area contributed by atoms with Gasteiger partial charge in [0, 0.05) is 18.0 Å². The maximum Gasteiger partial charge on any atom is 0.148 e. The smallest absolute Gasteiger partial charge is 0.148 e. The zero-order valence-corrected chi connectivity index (χ0v) is 15.6. The molecule has 112 valence electrons. The Morgan fingerprint density at radius 3 is 2.40 bits per heavy atom. The molecule has 1 saturated carbocycles. The van der Waals surface area contributed by atoms with Crippen molar-refractivity contribution in [3.8, 4) is 5.75 Å². The van der Waals surface area contributed by atoms with Gasteiger partial charge in [-0.2, -0.15) is 0 Å². The number of rotatable bonds is 6. The van der Waals surface area contributed by atoms with Crippen LogP contribution in [0.1, 0.15) is 6.42 Å². The van der Waals surface area contributed by atoms with Gasteiger partial charge in [0.15, 0.2) is 0 Å². The van der Waals surface area contributed by atoms with Crippen molar-refractivity contribution in [3.63, 3.8) is 0 Å². The Morgan fingerprint density at radius 2 is 1.85 bits per heavy atom. The van der Waals surface area contributed by atoms with Gasteiger partial charge in [0.1, 0.15) is 18.0 Å². The van der Waals surface area contributed by atoms with Crippen molar-refractivity contribution in [1.82, 2.24) is 0 Å². The third-order valence-corrected chi connectivity index (χ3v) is 4.69. The fourth-order valence-electron chi connectivity index (χ4n) is 1.95. The van der Waals surface area contributed by atoms with Crippen LogP contribution in [0, 0.1) is 0 Å². The summed E-state index contributed by atoms with van der Waals surface area (Å²) in [5.41, 5.74) is 0. The summed E-state index contributed by atoms with van der Waals surface area (Å²) in [6.45, 7) is 0.947. The average Bonchev–Trinajstić information content (AvgIpc) is 2.37. The Hall–Kier alpha value is 0.340. The molecule has 0 bridgehead atoms. The van der Waals surface area contributed by atoms with Crippen molar-refractivity contribution in [2.24, 2.45) is 0 Å². The summed E-state index contributed by atoms with van der Waals surface area (Å²) in [5, 5.41) is 9.76. The quantitative estimate of drug-likeness (QED) is 0.641. The second-order valence-corrected chi connectivity index (χ2v) is 7.11. The number of benzene rings is 1. The van der Waals surface area contributed by atoms with Gasteiger partial charge in [0.25, 0.3) is 0 Å². The maximum atomic E-state index is 9.76. The van der Waals surface area contributed by atoms with Crippen LogP contribution in [0.25, 0.3) is 0 Å². The number of aliphatic hydroxyl groups is 1. The lowest BCUT2D eigenvalue weighted by atomic mass is 9.88. The highest BCUT2D eigenvalue weighted by atomic mass is 79.9. The minimum Gasteiger partial charge on any atom is -0.485 e. The molecule has 1 aliphatic rings. The van der Waals surface area contributed by atoms with E-state index >= 15 is 0 Å². The van der Waals surface area contributed by atoms with E-state index in [4.69, 9.17) is 14.2 Å². The molecular formula is C13H15Br3O4. The standard InChI is InChI=1S/C13H15Br3O4/c1-18-2-3-19-13-10(17)6-11(13)20-12-8(15)4-7(14)5-9(12)16/h4-5,10-11,13,17H,2-3,6H2,1H3. The molecule has 1 aromatic carbocycles. The van der Waals surface area contributed by atoms with Crippen molar-refractivity contribution >= 4 is 47.8 Å². The van der Waals surface area contributed by atoms with Crippen molar-refractivity contribution < 1.29 is 19.3 Å². The topological polar surface area (TPSA) is 47.9 Å². The van der Waals surface area contributed by atoms with Gasteiger partial charge in [-0.25, -0.2) is 0 Å². The highest BCUT2D eigenvalue weighted by Gasteiger charge is 2.43.